The minimum Gasteiger partial charge on any atom is -0.444 e. The molecule has 1 aliphatic heterocycles. The first-order valence-corrected chi connectivity index (χ1v) is 11.3. The van der Waals surface area contributed by atoms with Crippen LogP contribution in [0.25, 0.3) is 11.3 Å². The summed E-state index contributed by atoms with van der Waals surface area (Å²) in [5.74, 6) is -0.841. The van der Waals surface area contributed by atoms with E-state index in [1.165, 1.54) is 12.1 Å². The van der Waals surface area contributed by atoms with E-state index in [0.717, 1.165) is 0 Å². The quantitative estimate of drug-likeness (QED) is 0.621. The van der Waals surface area contributed by atoms with Gasteiger partial charge >= 0.3 is 6.09 Å². The number of ether oxygens (including phenoxy) is 1. The third-order valence-corrected chi connectivity index (χ3v) is 5.37. The van der Waals surface area contributed by atoms with E-state index in [1.807, 2.05) is 0 Å². The maximum atomic E-state index is 13.3. The Bertz CT molecular complexity index is 1030. The van der Waals surface area contributed by atoms with Crippen LogP contribution in [0, 0.1) is 18.7 Å². The maximum Gasteiger partial charge on any atom is 0.407 e. The van der Waals surface area contributed by atoms with E-state index in [0.29, 0.717) is 42.0 Å². The second-order valence-electron chi connectivity index (χ2n) is 9.28. The number of halogens is 1. The monoisotopic (exact) mass is 474 g/mol. The van der Waals surface area contributed by atoms with Crippen LogP contribution in [0.4, 0.5) is 9.18 Å². The predicted octanol–water partition coefficient (Wildman–Crippen LogP) is 3.28. The van der Waals surface area contributed by atoms with Crippen molar-refractivity contribution in [3.05, 3.63) is 41.4 Å². The number of likely N-dealkylation sites (tertiary alicyclic amines) is 1. The maximum absolute atomic E-state index is 13.3. The number of hydrogen-bond donors (Lipinski definition) is 2. The van der Waals surface area contributed by atoms with Crippen molar-refractivity contribution in [3.8, 4) is 11.3 Å². The zero-order valence-corrected chi connectivity index (χ0v) is 19.9. The van der Waals surface area contributed by atoms with E-state index in [2.05, 4.69) is 15.8 Å². The first-order chi connectivity index (χ1) is 16.0. The lowest BCUT2D eigenvalue weighted by atomic mass is 9.96. The van der Waals surface area contributed by atoms with Gasteiger partial charge in [0.2, 0.25) is 5.91 Å². The highest BCUT2D eigenvalue weighted by molar-refractivity contribution is 6.01. The molecule has 1 unspecified atom stereocenters. The van der Waals surface area contributed by atoms with Gasteiger partial charge in [0.15, 0.2) is 0 Å². The molecular formula is C24H31FN4O5. The van der Waals surface area contributed by atoms with Gasteiger partial charge in [-0.1, -0.05) is 5.16 Å². The number of aromatic nitrogens is 1. The van der Waals surface area contributed by atoms with E-state index in [-0.39, 0.29) is 43.2 Å². The van der Waals surface area contributed by atoms with Crippen LogP contribution < -0.4 is 10.6 Å². The summed E-state index contributed by atoms with van der Waals surface area (Å²) in [5.41, 5.74) is 0.645. The van der Waals surface area contributed by atoms with Crippen LogP contribution in [0.3, 0.4) is 0 Å². The molecule has 1 aromatic carbocycles. The van der Waals surface area contributed by atoms with Gasteiger partial charge in [-0.25, -0.2) is 9.18 Å². The first-order valence-electron chi connectivity index (χ1n) is 11.3. The van der Waals surface area contributed by atoms with E-state index in [4.69, 9.17) is 9.26 Å². The van der Waals surface area contributed by atoms with Crippen LogP contribution in [0.15, 0.2) is 28.8 Å². The highest BCUT2D eigenvalue weighted by atomic mass is 19.1. The van der Waals surface area contributed by atoms with Crippen LogP contribution in [0.2, 0.25) is 0 Å². The Hall–Kier alpha value is -3.43. The molecule has 10 heteroatoms. The standard InChI is InChI=1S/C24H31FN4O5/c1-15-19(20(28-34-15)16-7-9-18(25)10-8-16)22(31)29-13-5-6-17(14-29)21(30)26-11-12-27-23(32)33-24(2,3)4/h7-10,17H,5-6,11-14H2,1-4H3,(H,26,30)(H,27,32). The molecule has 0 bridgehead atoms. The molecule has 0 radical (unpaired) electrons. The number of carbonyl (C=O) groups excluding carboxylic acids is 3. The summed E-state index contributed by atoms with van der Waals surface area (Å²) < 4.78 is 23.7. The summed E-state index contributed by atoms with van der Waals surface area (Å²) in [6, 6.07) is 5.68. The number of nitrogens with one attached hydrogen (secondary N) is 2. The zero-order chi connectivity index (χ0) is 24.9. The first kappa shape index (κ1) is 25.2. The third-order valence-electron chi connectivity index (χ3n) is 5.37. The molecule has 34 heavy (non-hydrogen) atoms. The number of nitrogens with zero attached hydrogens (tertiary/aromatic N) is 2. The summed E-state index contributed by atoms with van der Waals surface area (Å²) >= 11 is 0. The van der Waals surface area contributed by atoms with Gasteiger partial charge in [-0.05, 0) is 64.8 Å². The van der Waals surface area contributed by atoms with Gasteiger partial charge in [0, 0.05) is 31.7 Å². The summed E-state index contributed by atoms with van der Waals surface area (Å²) in [6.45, 7) is 8.22. The SMILES string of the molecule is Cc1onc(-c2ccc(F)cc2)c1C(=O)N1CCCC(C(=O)NCCNC(=O)OC(C)(C)C)C1. The van der Waals surface area contributed by atoms with Crippen LogP contribution in [0.1, 0.15) is 49.7 Å². The molecule has 0 saturated carbocycles. The molecule has 3 rings (SSSR count). The van der Waals surface area contributed by atoms with Crippen molar-refractivity contribution in [3.63, 3.8) is 0 Å². The molecule has 184 valence electrons. The van der Waals surface area contributed by atoms with Crippen molar-refractivity contribution >= 4 is 17.9 Å². The van der Waals surface area contributed by atoms with E-state index < -0.39 is 11.7 Å². The van der Waals surface area contributed by atoms with Crippen molar-refractivity contribution in [2.75, 3.05) is 26.2 Å². The van der Waals surface area contributed by atoms with Crippen LogP contribution in [-0.2, 0) is 9.53 Å². The van der Waals surface area contributed by atoms with Gasteiger partial charge in [-0.3, -0.25) is 9.59 Å². The van der Waals surface area contributed by atoms with Crippen LogP contribution in [-0.4, -0.2) is 59.7 Å². The van der Waals surface area contributed by atoms with Crippen molar-refractivity contribution in [1.82, 2.24) is 20.7 Å². The number of alkyl carbamates (subject to hydrolysis) is 1. The van der Waals surface area contributed by atoms with Crippen LogP contribution >= 0.6 is 0 Å². The van der Waals surface area contributed by atoms with Gasteiger partial charge in [0.25, 0.3) is 5.91 Å². The molecule has 2 N–H and O–H groups in total. The minimum absolute atomic E-state index is 0.177. The Labute approximate surface area is 198 Å². The summed E-state index contributed by atoms with van der Waals surface area (Å²) in [7, 11) is 0. The molecule has 1 atom stereocenters. The Morgan fingerprint density at radius 1 is 1.18 bits per heavy atom. The largest absolute Gasteiger partial charge is 0.444 e. The predicted molar refractivity (Wildman–Crippen MR) is 123 cm³/mol. The number of piperidine rings is 1. The number of rotatable bonds is 6. The fraction of sp³-hybridized carbons (Fsp3) is 0.500. The molecule has 1 fully saturated rings. The fourth-order valence-corrected chi connectivity index (χ4v) is 3.77. The highest BCUT2D eigenvalue weighted by Gasteiger charge is 2.32. The fourth-order valence-electron chi connectivity index (χ4n) is 3.77. The normalized spacial score (nSPS) is 16.1. The molecule has 3 amide bonds. The zero-order valence-electron chi connectivity index (χ0n) is 19.9. The molecule has 2 heterocycles. The molecule has 1 aromatic heterocycles. The molecule has 1 saturated heterocycles. The number of amides is 3. The summed E-state index contributed by atoms with van der Waals surface area (Å²) in [5, 5.41) is 9.40. The Morgan fingerprint density at radius 2 is 1.85 bits per heavy atom. The van der Waals surface area contributed by atoms with E-state index >= 15 is 0 Å². The van der Waals surface area contributed by atoms with Crippen molar-refractivity contribution in [2.45, 2.75) is 46.1 Å². The van der Waals surface area contributed by atoms with E-state index in [9.17, 15) is 18.8 Å². The van der Waals surface area contributed by atoms with Gasteiger partial charge in [0.1, 0.15) is 28.4 Å². The molecule has 0 spiro atoms. The Balaban J connectivity index is 1.57. The van der Waals surface area contributed by atoms with Crippen molar-refractivity contribution in [1.29, 1.82) is 0 Å². The van der Waals surface area contributed by atoms with Gasteiger partial charge in [-0.15, -0.1) is 0 Å². The number of benzene rings is 1. The smallest absolute Gasteiger partial charge is 0.407 e. The van der Waals surface area contributed by atoms with Crippen LogP contribution in [0.5, 0.6) is 0 Å². The second-order valence-corrected chi connectivity index (χ2v) is 9.28. The van der Waals surface area contributed by atoms with E-state index in [1.54, 1.807) is 44.7 Å². The molecule has 9 nitrogen and oxygen atoms in total. The lowest BCUT2D eigenvalue weighted by molar-refractivity contribution is -0.126. The number of hydrogen-bond acceptors (Lipinski definition) is 6. The summed E-state index contributed by atoms with van der Waals surface area (Å²) in [6.07, 6.45) is 0.788. The van der Waals surface area contributed by atoms with Crippen molar-refractivity contribution in [2.24, 2.45) is 5.92 Å². The average Bonchev–Trinajstić information content (AvgIpc) is 3.16. The average molecular weight is 475 g/mol. The van der Waals surface area contributed by atoms with Gasteiger partial charge in [0.05, 0.1) is 5.92 Å². The minimum atomic E-state index is -0.592. The third kappa shape index (κ3) is 6.55. The molecular weight excluding hydrogens is 443 g/mol. The molecule has 1 aliphatic rings. The van der Waals surface area contributed by atoms with Gasteiger partial charge < -0.3 is 24.8 Å². The number of carbonyl (C=O) groups is 3. The topological polar surface area (TPSA) is 114 Å². The van der Waals surface area contributed by atoms with Gasteiger partial charge in [-0.2, -0.15) is 0 Å². The Morgan fingerprint density at radius 3 is 2.53 bits per heavy atom. The lowest BCUT2D eigenvalue weighted by Gasteiger charge is -2.32. The summed E-state index contributed by atoms with van der Waals surface area (Å²) in [4.78, 5) is 39.3. The lowest BCUT2D eigenvalue weighted by Crippen LogP contribution is -2.46. The number of aryl methyl sites for hydroxylation is 1. The second kappa shape index (κ2) is 10.7. The highest BCUT2D eigenvalue weighted by Crippen LogP contribution is 2.28. The molecule has 0 aliphatic carbocycles. The van der Waals surface area contributed by atoms with Crippen molar-refractivity contribution < 1.29 is 28.0 Å². The molecule has 2 aromatic rings. The Kier molecular flexibility index (Phi) is 7.90.